The van der Waals surface area contributed by atoms with Crippen LogP contribution in [0, 0.1) is 20.2 Å². The zero-order chi connectivity index (χ0) is 21.2. The Bertz CT molecular complexity index is 932. The van der Waals surface area contributed by atoms with Gasteiger partial charge in [0.15, 0.2) is 5.84 Å². The van der Waals surface area contributed by atoms with E-state index in [0.29, 0.717) is 0 Å². The Hall–Kier alpha value is -4.22. The van der Waals surface area contributed by atoms with Crippen molar-refractivity contribution in [3.05, 3.63) is 68.8 Å². The smallest absolute Gasteiger partial charge is 0.313 e. The molecule has 0 bridgehead atoms. The summed E-state index contributed by atoms with van der Waals surface area (Å²) in [6.45, 7) is 1.79. The number of ether oxygens (including phenoxy) is 1. The van der Waals surface area contributed by atoms with Crippen molar-refractivity contribution in [3.63, 3.8) is 0 Å². The minimum absolute atomic E-state index is 0.000230. The molecule has 2 aromatic rings. The van der Waals surface area contributed by atoms with Crippen LogP contribution in [0.25, 0.3) is 0 Å². The Kier molecular flexibility index (Phi) is 7.42. The van der Waals surface area contributed by atoms with Gasteiger partial charge in [-0.15, -0.1) is 0 Å². The van der Waals surface area contributed by atoms with Gasteiger partial charge in [-0.1, -0.05) is 24.3 Å². The van der Waals surface area contributed by atoms with Gasteiger partial charge in [-0.05, 0) is 19.1 Å². The fourth-order valence-corrected chi connectivity index (χ4v) is 2.19. The van der Waals surface area contributed by atoms with E-state index in [-0.39, 0.29) is 41.6 Å². The van der Waals surface area contributed by atoms with E-state index < -0.39 is 15.8 Å². The number of nitro groups is 2. The van der Waals surface area contributed by atoms with Crippen molar-refractivity contribution in [2.75, 3.05) is 17.5 Å². The number of hydrazone groups is 1. The number of carbonyl (C=O) groups excluding carboxylic acids is 1. The average molecular weight is 402 g/mol. The van der Waals surface area contributed by atoms with Crippen LogP contribution in [0.5, 0.6) is 0 Å². The summed E-state index contributed by atoms with van der Waals surface area (Å²) in [6.07, 6.45) is -0.310. The predicted octanol–water partition coefficient (Wildman–Crippen LogP) is 2.80. The molecular formula is C17H18N6O6. The summed E-state index contributed by atoms with van der Waals surface area (Å²) in [7, 11) is 0. The van der Waals surface area contributed by atoms with E-state index in [1.165, 1.54) is 36.4 Å². The number of esters is 1. The Morgan fingerprint density at radius 3 is 2.14 bits per heavy atom. The maximum Gasteiger partial charge on any atom is 0.313 e. The molecule has 0 aliphatic carbocycles. The summed E-state index contributed by atoms with van der Waals surface area (Å²) in [5.74, 6) is -0.604. The molecule has 0 aliphatic rings. The first kappa shape index (κ1) is 21.1. The van der Waals surface area contributed by atoms with E-state index in [9.17, 15) is 25.0 Å². The second-order valence-corrected chi connectivity index (χ2v) is 5.45. The van der Waals surface area contributed by atoms with Crippen LogP contribution in [-0.4, -0.2) is 28.3 Å². The van der Waals surface area contributed by atoms with Crippen molar-refractivity contribution < 1.29 is 19.4 Å². The first-order valence-corrected chi connectivity index (χ1v) is 8.39. The molecule has 12 heteroatoms. The Labute approximate surface area is 164 Å². The molecule has 0 radical (unpaired) electrons. The quantitative estimate of drug-likeness (QED) is 0.188. The van der Waals surface area contributed by atoms with Crippen molar-refractivity contribution in [1.29, 1.82) is 0 Å². The van der Waals surface area contributed by atoms with Crippen molar-refractivity contribution in [1.82, 2.24) is 5.43 Å². The number of hydrazine groups is 1. The molecule has 29 heavy (non-hydrogen) atoms. The van der Waals surface area contributed by atoms with Gasteiger partial charge < -0.3 is 4.74 Å². The molecule has 0 fully saturated rings. The maximum atomic E-state index is 11.8. The van der Waals surface area contributed by atoms with Gasteiger partial charge in [0.1, 0.15) is 17.8 Å². The van der Waals surface area contributed by atoms with Crippen LogP contribution < -0.4 is 16.3 Å². The third-order valence-electron chi connectivity index (χ3n) is 3.47. The first-order chi connectivity index (χ1) is 13.9. The average Bonchev–Trinajstić information content (AvgIpc) is 2.70. The third-order valence-corrected chi connectivity index (χ3v) is 3.47. The molecule has 0 aromatic heterocycles. The Balaban J connectivity index is 2.21. The summed E-state index contributed by atoms with van der Waals surface area (Å²) < 4.78 is 4.87. The minimum atomic E-state index is -0.604. The number of nitro benzene ring substituents is 2. The van der Waals surface area contributed by atoms with Gasteiger partial charge in [-0.2, -0.15) is 5.10 Å². The lowest BCUT2D eigenvalue weighted by atomic mass is 10.3. The highest BCUT2D eigenvalue weighted by atomic mass is 16.6. The zero-order valence-corrected chi connectivity index (χ0v) is 15.3. The van der Waals surface area contributed by atoms with Crippen LogP contribution in [-0.2, 0) is 9.53 Å². The van der Waals surface area contributed by atoms with Crippen molar-refractivity contribution in [2.45, 2.75) is 13.3 Å². The number of carbonyl (C=O) groups is 1. The zero-order valence-electron chi connectivity index (χ0n) is 15.3. The van der Waals surface area contributed by atoms with Gasteiger partial charge >= 0.3 is 5.97 Å². The molecule has 0 unspecified atom stereocenters. The lowest BCUT2D eigenvalue weighted by Gasteiger charge is -2.12. The van der Waals surface area contributed by atoms with E-state index in [0.717, 1.165) is 0 Å². The van der Waals surface area contributed by atoms with E-state index in [1.807, 2.05) is 0 Å². The van der Waals surface area contributed by atoms with Crippen molar-refractivity contribution >= 4 is 34.6 Å². The van der Waals surface area contributed by atoms with Crippen LogP contribution in [0.3, 0.4) is 0 Å². The van der Waals surface area contributed by atoms with Crippen LogP contribution in [0.4, 0.5) is 22.7 Å². The fraction of sp³-hybridized carbons (Fsp3) is 0.176. The Morgan fingerprint density at radius 1 is 1.00 bits per heavy atom. The number of hydrogen-bond donors (Lipinski definition) is 3. The highest BCUT2D eigenvalue weighted by Gasteiger charge is 2.15. The molecule has 3 N–H and O–H groups in total. The molecular weight excluding hydrogens is 384 g/mol. The van der Waals surface area contributed by atoms with E-state index in [4.69, 9.17) is 4.74 Å². The fourth-order valence-electron chi connectivity index (χ4n) is 2.19. The van der Waals surface area contributed by atoms with Gasteiger partial charge in [0.05, 0.1) is 16.5 Å². The standard InChI is InChI=1S/C17H18N6O6/c1-2-29-17(24)11-16(20-18-12-7-3-5-9-14(12)22(25)26)21-19-13-8-4-6-10-15(13)23(27)28/h3-10,18-19H,2,11H2,1H3,(H,20,21). The lowest BCUT2D eigenvalue weighted by molar-refractivity contribution is -0.384. The molecule has 0 heterocycles. The molecule has 0 saturated heterocycles. The lowest BCUT2D eigenvalue weighted by Crippen LogP contribution is -2.33. The van der Waals surface area contributed by atoms with Gasteiger partial charge in [0, 0.05) is 12.1 Å². The van der Waals surface area contributed by atoms with Gasteiger partial charge in [0.2, 0.25) is 0 Å². The number of amidine groups is 1. The monoisotopic (exact) mass is 402 g/mol. The number of rotatable bonds is 9. The van der Waals surface area contributed by atoms with Gasteiger partial charge in [-0.25, -0.2) is 0 Å². The van der Waals surface area contributed by atoms with Crippen LogP contribution in [0.2, 0.25) is 0 Å². The maximum absolute atomic E-state index is 11.8. The van der Waals surface area contributed by atoms with Crippen molar-refractivity contribution in [3.8, 4) is 0 Å². The van der Waals surface area contributed by atoms with Crippen LogP contribution in [0.1, 0.15) is 13.3 Å². The summed E-state index contributed by atoms with van der Waals surface area (Å²) in [5, 5.41) is 26.2. The first-order valence-electron chi connectivity index (χ1n) is 8.39. The summed E-state index contributed by atoms with van der Waals surface area (Å²) >= 11 is 0. The van der Waals surface area contributed by atoms with E-state index in [2.05, 4.69) is 21.4 Å². The number of para-hydroxylation sites is 4. The minimum Gasteiger partial charge on any atom is -0.466 e. The number of nitrogens with one attached hydrogen (secondary N) is 3. The molecule has 0 amide bonds. The molecule has 0 atom stereocenters. The van der Waals surface area contributed by atoms with Crippen LogP contribution in [0.15, 0.2) is 53.6 Å². The predicted molar refractivity (Wildman–Crippen MR) is 105 cm³/mol. The molecule has 0 spiro atoms. The number of anilines is 2. The molecule has 0 saturated carbocycles. The third kappa shape index (κ3) is 6.16. The molecule has 0 aliphatic heterocycles. The summed E-state index contributed by atoms with van der Waals surface area (Å²) in [6, 6.07) is 11.7. The normalized spacial score (nSPS) is 10.7. The van der Waals surface area contributed by atoms with E-state index in [1.54, 1.807) is 19.1 Å². The van der Waals surface area contributed by atoms with Crippen LogP contribution >= 0.6 is 0 Å². The molecule has 2 aromatic carbocycles. The number of benzene rings is 2. The largest absolute Gasteiger partial charge is 0.466 e. The highest BCUT2D eigenvalue weighted by Crippen LogP contribution is 2.24. The van der Waals surface area contributed by atoms with Gasteiger partial charge in [-0.3, -0.25) is 41.3 Å². The van der Waals surface area contributed by atoms with E-state index >= 15 is 0 Å². The second kappa shape index (κ2) is 10.2. The number of nitrogens with zero attached hydrogens (tertiary/aromatic N) is 3. The van der Waals surface area contributed by atoms with Gasteiger partial charge in [0.25, 0.3) is 11.4 Å². The topological polar surface area (TPSA) is 161 Å². The SMILES string of the molecule is CCOC(=O)C/C(=N\Nc1ccccc1[N+](=O)[O-])NNc1ccccc1[N+](=O)[O-]. The summed E-state index contributed by atoms with van der Waals surface area (Å²) in [5.41, 5.74) is 7.57. The highest BCUT2D eigenvalue weighted by molar-refractivity contribution is 5.98. The summed E-state index contributed by atoms with van der Waals surface area (Å²) in [4.78, 5) is 32.8. The molecule has 2 rings (SSSR count). The molecule has 152 valence electrons. The number of hydrogen-bond acceptors (Lipinski definition) is 9. The molecule has 12 nitrogen and oxygen atoms in total. The Morgan fingerprint density at radius 2 is 1.55 bits per heavy atom. The second-order valence-electron chi connectivity index (χ2n) is 5.45. The van der Waals surface area contributed by atoms with Crippen molar-refractivity contribution in [2.24, 2.45) is 5.10 Å².